The van der Waals surface area contributed by atoms with E-state index in [1.165, 1.54) is 6.42 Å². The lowest BCUT2D eigenvalue weighted by atomic mass is 9.46. The Kier molecular flexibility index (Phi) is 7.68. The first kappa shape index (κ1) is 24.1. The number of alkyl carbamates (subject to hydrolysis) is 1. The van der Waals surface area contributed by atoms with Crippen molar-refractivity contribution in [1.82, 2.24) is 10.2 Å². The summed E-state index contributed by atoms with van der Waals surface area (Å²) in [7, 11) is 0. The van der Waals surface area contributed by atoms with Crippen LogP contribution in [0.15, 0.2) is 12.7 Å². The first-order chi connectivity index (χ1) is 14.8. The number of aliphatic hydroxyl groups excluding tert-OH is 2. The van der Waals surface area contributed by atoms with Gasteiger partial charge in [0.1, 0.15) is 6.10 Å². The van der Waals surface area contributed by atoms with E-state index >= 15 is 0 Å². The summed E-state index contributed by atoms with van der Waals surface area (Å²) >= 11 is 0. The topological polar surface area (TPSA) is 99.1 Å². The number of carbonyl (C=O) groups is 2. The third-order valence-electron chi connectivity index (χ3n) is 8.42. The van der Waals surface area contributed by atoms with Crippen LogP contribution in [0.2, 0.25) is 0 Å². The lowest BCUT2D eigenvalue weighted by Gasteiger charge is -2.60. The number of aliphatic hydroxyl groups is 2. The molecule has 7 nitrogen and oxygen atoms in total. The van der Waals surface area contributed by atoms with Gasteiger partial charge in [-0.3, -0.25) is 4.79 Å². The Hall–Kier alpha value is -1.60. The summed E-state index contributed by atoms with van der Waals surface area (Å²) in [6.45, 7) is 9.60. The van der Waals surface area contributed by atoms with E-state index in [0.29, 0.717) is 25.8 Å². The van der Waals surface area contributed by atoms with Crippen LogP contribution in [0.5, 0.6) is 0 Å². The molecular formula is C24H40N2O5. The van der Waals surface area contributed by atoms with Crippen LogP contribution in [0.25, 0.3) is 0 Å². The van der Waals surface area contributed by atoms with Crippen molar-refractivity contribution in [1.29, 1.82) is 0 Å². The highest BCUT2D eigenvalue weighted by atomic mass is 16.6. The van der Waals surface area contributed by atoms with E-state index in [9.17, 15) is 19.8 Å². The van der Waals surface area contributed by atoms with Gasteiger partial charge >= 0.3 is 6.09 Å². The molecule has 3 rings (SSSR count). The van der Waals surface area contributed by atoms with Crippen LogP contribution in [-0.4, -0.2) is 65.6 Å². The predicted molar refractivity (Wildman–Crippen MR) is 118 cm³/mol. The SMILES string of the molecule is C=CCNC(=O)OC1CCC2(C)C(CC(=O)N3CCCCC3)C(O)CCC2C1(C)CO. The normalized spacial score (nSPS) is 38.1. The van der Waals surface area contributed by atoms with Gasteiger partial charge < -0.3 is 25.2 Å². The summed E-state index contributed by atoms with van der Waals surface area (Å²) in [6, 6.07) is 0. The summed E-state index contributed by atoms with van der Waals surface area (Å²) in [5, 5.41) is 24.0. The lowest BCUT2D eigenvalue weighted by molar-refractivity contribution is -0.187. The molecule has 1 saturated heterocycles. The molecule has 1 heterocycles. The van der Waals surface area contributed by atoms with Crippen LogP contribution in [0, 0.1) is 22.7 Å². The highest BCUT2D eigenvalue weighted by Crippen LogP contribution is 2.61. The molecule has 3 fully saturated rings. The van der Waals surface area contributed by atoms with Crippen molar-refractivity contribution < 1.29 is 24.5 Å². The number of likely N-dealkylation sites (tertiary alicyclic amines) is 1. The van der Waals surface area contributed by atoms with Crippen molar-refractivity contribution in [3.63, 3.8) is 0 Å². The van der Waals surface area contributed by atoms with Crippen molar-refractivity contribution in [3.8, 4) is 0 Å². The van der Waals surface area contributed by atoms with Gasteiger partial charge in [0.05, 0.1) is 12.7 Å². The van der Waals surface area contributed by atoms with Crippen molar-refractivity contribution in [2.45, 2.75) is 77.4 Å². The molecule has 0 aromatic carbocycles. The summed E-state index contributed by atoms with van der Waals surface area (Å²) in [6.07, 6.45) is 6.49. The van der Waals surface area contributed by atoms with Gasteiger partial charge in [-0.1, -0.05) is 19.9 Å². The van der Waals surface area contributed by atoms with Crippen LogP contribution >= 0.6 is 0 Å². The quantitative estimate of drug-likeness (QED) is 0.556. The molecule has 0 radical (unpaired) electrons. The predicted octanol–water partition coefficient (Wildman–Crippen LogP) is 2.86. The third-order valence-corrected chi connectivity index (χ3v) is 8.42. The number of amides is 2. The van der Waals surface area contributed by atoms with Gasteiger partial charge in [0.15, 0.2) is 0 Å². The maximum absolute atomic E-state index is 13.0. The van der Waals surface area contributed by atoms with E-state index in [-0.39, 0.29) is 29.8 Å². The van der Waals surface area contributed by atoms with Crippen molar-refractivity contribution in [2.75, 3.05) is 26.2 Å². The molecule has 1 aliphatic heterocycles. The number of nitrogens with zero attached hydrogens (tertiary/aromatic N) is 1. The zero-order chi connectivity index (χ0) is 22.6. The average molecular weight is 437 g/mol. The molecule has 0 bridgehead atoms. The molecule has 176 valence electrons. The number of nitrogens with one attached hydrogen (secondary N) is 1. The summed E-state index contributed by atoms with van der Waals surface area (Å²) in [5.41, 5.74) is -0.914. The second kappa shape index (κ2) is 9.90. The van der Waals surface area contributed by atoms with E-state index in [1.54, 1.807) is 6.08 Å². The van der Waals surface area contributed by atoms with Crippen LogP contribution in [0.1, 0.15) is 65.2 Å². The largest absolute Gasteiger partial charge is 0.446 e. The number of piperidine rings is 1. The van der Waals surface area contributed by atoms with Crippen LogP contribution in [0.3, 0.4) is 0 Å². The summed E-state index contributed by atoms with van der Waals surface area (Å²) < 4.78 is 5.74. The fraction of sp³-hybridized carbons (Fsp3) is 0.833. The van der Waals surface area contributed by atoms with Crippen molar-refractivity contribution in [2.24, 2.45) is 22.7 Å². The molecular weight excluding hydrogens is 396 g/mol. The molecule has 7 heteroatoms. The highest BCUT2D eigenvalue weighted by molar-refractivity contribution is 5.76. The molecule has 3 aliphatic rings. The van der Waals surface area contributed by atoms with E-state index in [4.69, 9.17) is 4.74 Å². The fourth-order valence-corrected chi connectivity index (χ4v) is 6.57. The van der Waals surface area contributed by atoms with Crippen LogP contribution < -0.4 is 5.32 Å². The molecule has 2 aliphatic carbocycles. The van der Waals surface area contributed by atoms with E-state index in [0.717, 1.165) is 38.8 Å². The second-order valence-electron chi connectivity index (χ2n) is 10.2. The Morgan fingerprint density at radius 1 is 1.19 bits per heavy atom. The first-order valence-corrected chi connectivity index (χ1v) is 11.9. The molecule has 0 aromatic heterocycles. The monoisotopic (exact) mass is 436 g/mol. The maximum atomic E-state index is 13.0. The third kappa shape index (κ3) is 4.77. The number of carbonyl (C=O) groups excluding carboxylic acids is 2. The van der Waals surface area contributed by atoms with Gasteiger partial charge in [-0.2, -0.15) is 0 Å². The second-order valence-corrected chi connectivity index (χ2v) is 10.2. The molecule has 31 heavy (non-hydrogen) atoms. The van der Waals surface area contributed by atoms with Gasteiger partial charge in [0.2, 0.25) is 5.91 Å². The maximum Gasteiger partial charge on any atom is 0.407 e. The van der Waals surface area contributed by atoms with E-state index in [2.05, 4.69) is 18.8 Å². The fourth-order valence-electron chi connectivity index (χ4n) is 6.57. The number of hydrogen-bond donors (Lipinski definition) is 3. The van der Waals surface area contributed by atoms with Crippen molar-refractivity contribution in [3.05, 3.63) is 12.7 Å². The Balaban J connectivity index is 1.78. The number of hydrogen-bond acceptors (Lipinski definition) is 5. The Morgan fingerprint density at radius 2 is 1.90 bits per heavy atom. The molecule has 2 amide bonds. The van der Waals surface area contributed by atoms with Gasteiger partial charge in [-0.25, -0.2) is 4.79 Å². The number of fused-ring (bicyclic) bond motifs is 1. The van der Waals surface area contributed by atoms with Crippen LogP contribution in [0.4, 0.5) is 4.79 Å². The standard InChI is InChI=1S/C24H40N2O5/c1-4-12-25-22(30)31-20-10-11-23(2)17(15-21(29)26-13-6-5-7-14-26)18(28)8-9-19(23)24(20,3)16-27/h4,17-20,27-28H,1,5-16H2,2-3H3,(H,25,30). The first-order valence-electron chi connectivity index (χ1n) is 11.9. The Labute approximate surface area is 186 Å². The zero-order valence-electron chi connectivity index (χ0n) is 19.1. The lowest BCUT2D eigenvalue weighted by Crippen LogP contribution is -2.61. The van der Waals surface area contributed by atoms with E-state index < -0.39 is 23.7 Å². The van der Waals surface area contributed by atoms with Gasteiger partial charge in [0, 0.05) is 31.5 Å². The minimum atomic E-state index is -0.620. The van der Waals surface area contributed by atoms with E-state index in [1.807, 2.05) is 11.8 Å². The smallest absolute Gasteiger partial charge is 0.407 e. The molecule has 3 N–H and O–H groups in total. The number of ether oxygens (including phenoxy) is 1. The minimum Gasteiger partial charge on any atom is -0.446 e. The molecule has 0 aromatic rings. The van der Waals surface area contributed by atoms with Gasteiger partial charge in [-0.15, -0.1) is 6.58 Å². The summed E-state index contributed by atoms with van der Waals surface area (Å²) in [4.78, 5) is 27.2. The average Bonchev–Trinajstić information content (AvgIpc) is 2.77. The molecule has 6 atom stereocenters. The minimum absolute atomic E-state index is 0.0542. The highest BCUT2D eigenvalue weighted by Gasteiger charge is 2.60. The molecule has 2 saturated carbocycles. The zero-order valence-corrected chi connectivity index (χ0v) is 19.1. The molecule has 6 unspecified atom stereocenters. The van der Waals surface area contributed by atoms with Gasteiger partial charge in [-0.05, 0) is 62.2 Å². The summed E-state index contributed by atoms with van der Waals surface area (Å²) in [5.74, 6) is 0.0408. The molecule has 0 spiro atoms. The van der Waals surface area contributed by atoms with Gasteiger partial charge in [0.25, 0.3) is 0 Å². The Morgan fingerprint density at radius 3 is 2.55 bits per heavy atom. The Bertz CT molecular complexity index is 664. The van der Waals surface area contributed by atoms with Crippen molar-refractivity contribution >= 4 is 12.0 Å². The van der Waals surface area contributed by atoms with Crippen LogP contribution in [-0.2, 0) is 9.53 Å². The number of rotatable bonds is 6.